The lowest BCUT2D eigenvalue weighted by molar-refractivity contribution is 0.477. The molecule has 2 rings (SSSR count). The second kappa shape index (κ2) is 4.35. The quantitative estimate of drug-likeness (QED) is 0.818. The van der Waals surface area contributed by atoms with Gasteiger partial charge in [0.25, 0.3) is 0 Å². The topological polar surface area (TPSA) is 37.4 Å². The summed E-state index contributed by atoms with van der Waals surface area (Å²) in [5.41, 5.74) is 0.708. The molecule has 0 radical (unpaired) electrons. The standard InChI is InChI=1S/C11H14ClNO2S/c1-9-5-4-6-10(12)11(9)16(14,15)13-7-2-3-8-13/h4-6H,2-3,7-8H2,1H3. The van der Waals surface area contributed by atoms with Crippen molar-refractivity contribution in [2.45, 2.75) is 24.7 Å². The van der Waals surface area contributed by atoms with Crippen LogP contribution in [0.5, 0.6) is 0 Å². The maximum absolute atomic E-state index is 12.3. The lowest BCUT2D eigenvalue weighted by Crippen LogP contribution is -2.28. The minimum Gasteiger partial charge on any atom is -0.207 e. The second-order valence-electron chi connectivity index (χ2n) is 4.00. The molecule has 0 spiro atoms. The molecule has 1 aliphatic heterocycles. The van der Waals surface area contributed by atoms with Crippen LogP contribution in [0.4, 0.5) is 0 Å². The summed E-state index contributed by atoms with van der Waals surface area (Å²) in [4.78, 5) is 0.263. The SMILES string of the molecule is Cc1cccc(Cl)c1S(=O)(=O)N1CCCC1. The van der Waals surface area contributed by atoms with Gasteiger partial charge in [0.05, 0.1) is 5.02 Å². The third-order valence-electron chi connectivity index (χ3n) is 2.83. The van der Waals surface area contributed by atoms with Crippen molar-refractivity contribution in [3.8, 4) is 0 Å². The number of hydrogen-bond donors (Lipinski definition) is 0. The Balaban J connectivity index is 2.50. The van der Waals surface area contributed by atoms with Crippen LogP contribution < -0.4 is 0 Å². The fraction of sp³-hybridized carbons (Fsp3) is 0.455. The van der Waals surface area contributed by atoms with E-state index in [-0.39, 0.29) is 4.90 Å². The highest BCUT2D eigenvalue weighted by Crippen LogP contribution is 2.29. The number of hydrogen-bond acceptors (Lipinski definition) is 2. The highest BCUT2D eigenvalue weighted by atomic mass is 35.5. The van der Waals surface area contributed by atoms with Crippen molar-refractivity contribution in [3.05, 3.63) is 28.8 Å². The molecule has 1 saturated heterocycles. The molecule has 0 unspecified atom stereocenters. The van der Waals surface area contributed by atoms with Crippen LogP contribution >= 0.6 is 11.6 Å². The zero-order valence-corrected chi connectivity index (χ0v) is 10.7. The van der Waals surface area contributed by atoms with E-state index in [1.54, 1.807) is 25.1 Å². The molecule has 1 aromatic carbocycles. The molecule has 0 saturated carbocycles. The first-order valence-corrected chi connectivity index (χ1v) is 7.10. The number of benzene rings is 1. The van der Waals surface area contributed by atoms with Gasteiger partial charge in [0.2, 0.25) is 10.0 Å². The number of sulfonamides is 1. The Morgan fingerprint density at radius 1 is 1.25 bits per heavy atom. The molecule has 0 atom stereocenters. The van der Waals surface area contributed by atoms with Gasteiger partial charge in [-0.05, 0) is 31.4 Å². The molecule has 88 valence electrons. The van der Waals surface area contributed by atoms with Crippen molar-refractivity contribution in [2.75, 3.05) is 13.1 Å². The summed E-state index contributed by atoms with van der Waals surface area (Å²) in [6.07, 6.45) is 1.87. The maximum Gasteiger partial charge on any atom is 0.244 e. The van der Waals surface area contributed by atoms with Crippen LogP contribution in [-0.4, -0.2) is 25.8 Å². The Labute approximate surface area is 101 Å². The summed E-state index contributed by atoms with van der Waals surface area (Å²) < 4.78 is 26.2. The Hall–Kier alpha value is -0.580. The van der Waals surface area contributed by atoms with Crippen molar-refractivity contribution in [3.63, 3.8) is 0 Å². The summed E-state index contributed by atoms with van der Waals surface area (Å²) >= 11 is 5.99. The van der Waals surface area contributed by atoms with Gasteiger partial charge in [-0.15, -0.1) is 0 Å². The highest BCUT2D eigenvalue weighted by Gasteiger charge is 2.30. The molecule has 0 amide bonds. The van der Waals surface area contributed by atoms with Crippen molar-refractivity contribution in [2.24, 2.45) is 0 Å². The van der Waals surface area contributed by atoms with E-state index in [1.807, 2.05) is 0 Å². The molecule has 5 heteroatoms. The molecule has 1 heterocycles. The van der Waals surface area contributed by atoms with Crippen molar-refractivity contribution >= 4 is 21.6 Å². The summed E-state index contributed by atoms with van der Waals surface area (Å²) in [6, 6.07) is 5.16. The molecule has 0 N–H and O–H groups in total. The third kappa shape index (κ3) is 1.97. The zero-order chi connectivity index (χ0) is 11.8. The van der Waals surface area contributed by atoms with Crippen LogP contribution in [0.1, 0.15) is 18.4 Å². The normalized spacial score (nSPS) is 17.9. The average Bonchev–Trinajstić information content (AvgIpc) is 2.69. The number of rotatable bonds is 2. The minimum absolute atomic E-state index is 0.263. The molecular formula is C11H14ClNO2S. The predicted molar refractivity (Wildman–Crippen MR) is 64.2 cm³/mol. The van der Waals surface area contributed by atoms with Crippen molar-refractivity contribution < 1.29 is 8.42 Å². The lowest BCUT2D eigenvalue weighted by atomic mass is 10.2. The smallest absolute Gasteiger partial charge is 0.207 e. The molecule has 1 aliphatic rings. The van der Waals surface area contributed by atoms with Crippen LogP contribution in [0.3, 0.4) is 0 Å². The van der Waals surface area contributed by atoms with E-state index >= 15 is 0 Å². The average molecular weight is 260 g/mol. The minimum atomic E-state index is -3.40. The van der Waals surface area contributed by atoms with Crippen LogP contribution in [-0.2, 0) is 10.0 Å². The Kier molecular flexibility index (Phi) is 3.24. The molecule has 1 aromatic rings. The van der Waals surface area contributed by atoms with Crippen LogP contribution in [0.2, 0.25) is 5.02 Å². The molecular weight excluding hydrogens is 246 g/mol. The summed E-state index contributed by atoms with van der Waals surface area (Å²) in [5.74, 6) is 0. The van der Waals surface area contributed by atoms with Crippen molar-refractivity contribution in [1.29, 1.82) is 0 Å². The van der Waals surface area contributed by atoms with E-state index in [0.717, 1.165) is 12.8 Å². The van der Waals surface area contributed by atoms with E-state index in [2.05, 4.69) is 0 Å². The van der Waals surface area contributed by atoms with E-state index in [0.29, 0.717) is 23.7 Å². The van der Waals surface area contributed by atoms with Crippen LogP contribution in [0.15, 0.2) is 23.1 Å². The summed E-state index contributed by atoms with van der Waals surface area (Å²) in [6.45, 7) is 2.98. The van der Waals surface area contributed by atoms with Crippen LogP contribution in [0.25, 0.3) is 0 Å². The first-order valence-electron chi connectivity index (χ1n) is 5.29. The van der Waals surface area contributed by atoms with E-state index < -0.39 is 10.0 Å². The molecule has 3 nitrogen and oxygen atoms in total. The number of aryl methyl sites for hydroxylation is 1. The summed E-state index contributed by atoms with van der Waals surface area (Å²) in [5, 5.41) is 0.312. The molecule has 0 aromatic heterocycles. The van der Waals surface area contributed by atoms with Gasteiger partial charge in [-0.2, -0.15) is 4.31 Å². The van der Waals surface area contributed by atoms with Gasteiger partial charge in [0.1, 0.15) is 4.90 Å². The fourth-order valence-corrected chi connectivity index (χ4v) is 4.30. The lowest BCUT2D eigenvalue weighted by Gasteiger charge is -2.17. The first kappa shape index (κ1) is 11.9. The van der Waals surface area contributed by atoms with Gasteiger partial charge < -0.3 is 0 Å². The monoisotopic (exact) mass is 259 g/mol. The van der Waals surface area contributed by atoms with Gasteiger partial charge in [-0.1, -0.05) is 23.7 Å². The van der Waals surface area contributed by atoms with Gasteiger partial charge in [-0.3, -0.25) is 0 Å². The Bertz CT molecular complexity index is 472. The molecule has 1 fully saturated rings. The number of halogens is 1. The third-order valence-corrected chi connectivity index (χ3v) is 5.36. The fourth-order valence-electron chi connectivity index (χ4n) is 2.00. The Morgan fingerprint density at radius 3 is 2.44 bits per heavy atom. The highest BCUT2D eigenvalue weighted by molar-refractivity contribution is 7.89. The van der Waals surface area contributed by atoms with Gasteiger partial charge in [0.15, 0.2) is 0 Å². The first-order chi connectivity index (χ1) is 7.53. The second-order valence-corrected chi connectivity index (χ2v) is 6.28. The maximum atomic E-state index is 12.3. The number of nitrogens with zero attached hydrogens (tertiary/aromatic N) is 1. The van der Waals surface area contributed by atoms with E-state index in [1.165, 1.54) is 4.31 Å². The summed E-state index contributed by atoms with van der Waals surface area (Å²) in [7, 11) is -3.40. The zero-order valence-electron chi connectivity index (χ0n) is 9.11. The van der Waals surface area contributed by atoms with Crippen molar-refractivity contribution in [1.82, 2.24) is 4.31 Å². The largest absolute Gasteiger partial charge is 0.244 e. The molecule has 16 heavy (non-hydrogen) atoms. The van der Waals surface area contributed by atoms with Gasteiger partial charge in [-0.25, -0.2) is 8.42 Å². The van der Waals surface area contributed by atoms with E-state index in [9.17, 15) is 8.42 Å². The predicted octanol–water partition coefficient (Wildman–Crippen LogP) is 2.43. The van der Waals surface area contributed by atoms with Crippen LogP contribution in [0, 0.1) is 6.92 Å². The van der Waals surface area contributed by atoms with Gasteiger partial charge >= 0.3 is 0 Å². The molecule has 0 aliphatic carbocycles. The van der Waals surface area contributed by atoms with Gasteiger partial charge in [0, 0.05) is 13.1 Å². The molecule has 0 bridgehead atoms. The van der Waals surface area contributed by atoms with E-state index in [4.69, 9.17) is 11.6 Å². The Morgan fingerprint density at radius 2 is 1.88 bits per heavy atom.